The lowest BCUT2D eigenvalue weighted by Crippen LogP contribution is -2.33. The fraction of sp³-hybridized carbons (Fsp3) is 0.500. The maximum absolute atomic E-state index is 13.3. The number of anilines is 1. The molecular formula is C12H17FN2O2. The summed E-state index contributed by atoms with van der Waals surface area (Å²) in [6, 6.07) is 3.81. The third kappa shape index (κ3) is 3.15. The van der Waals surface area contributed by atoms with Gasteiger partial charge in [-0.3, -0.25) is 10.1 Å². The maximum Gasteiger partial charge on any atom is 0.274 e. The van der Waals surface area contributed by atoms with E-state index in [0.29, 0.717) is 11.6 Å². The first-order valence-electron chi connectivity index (χ1n) is 5.50. The lowest BCUT2D eigenvalue weighted by atomic mass is 10.0. The van der Waals surface area contributed by atoms with Gasteiger partial charge in [0.1, 0.15) is 5.82 Å². The van der Waals surface area contributed by atoms with Crippen molar-refractivity contribution >= 4 is 11.4 Å². The number of benzene rings is 1. The van der Waals surface area contributed by atoms with Gasteiger partial charge in [0, 0.05) is 24.8 Å². The molecular weight excluding hydrogens is 223 g/mol. The quantitative estimate of drug-likeness (QED) is 0.599. The Balaban J connectivity index is 3.09. The zero-order valence-corrected chi connectivity index (χ0v) is 10.5. The zero-order valence-electron chi connectivity index (χ0n) is 10.5. The first-order chi connectivity index (χ1) is 7.82. The Kier molecular flexibility index (Phi) is 4.04. The van der Waals surface area contributed by atoms with Gasteiger partial charge < -0.3 is 4.90 Å². The maximum atomic E-state index is 13.3. The summed E-state index contributed by atoms with van der Waals surface area (Å²) in [5, 5.41) is 10.7. The second-order valence-electron chi connectivity index (χ2n) is 4.52. The highest BCUT2D eigenvalue weighted by Gasteiger charge is 2.17. The van der Waals surface area contributed by atoms with Gasteiger partial charge in [0.15, 0.2) is 0 Å². The summed E-state index contributed by atoms with van der Waals surface area (Å²) in [5.74, 6) is -0.209. The molecule has 94 valence electrons. The van der Waals surface area contributed by atoms with E-state index < -0.39 is 10.7 Å². The van der Waals surface area contributed by atoms with E-state index >= 15 is 0 Å². The van der Waals surface area contributed by atoms with E-state index in [9.17, 15) is 14.5 Å². The number of halogens is 1. The van der Waals surface area contributed by atoms with Crippen LogP contribution in [0.15, 0.2) is 18.2 Å². The first kappa shape index (κ1) is 13.4. The number of hydrogen-bond donors (Lipinski definition) is 0. The molecule has 0 spiro atoms. The molecule has 0 saturated heterocycles. The van der Waals surface area contributed by atoms with Crippen LogP contribution in [0, 0.1) is 21.8 Å². The van der Waals surface area contributed by atoms with Gasteiger partial charge in [-0.2, -0.15) is 0 Å². The van der Waals surface area contributed by atoms with Crippen LogP contribution in [0.2, 0.25) is 0 Å². The third-order valence-corrected chi connectivity index (χ3v) is 3.06. The van der Waals surface area contributed by atoms with Crippen molar-refractivity contribution in [2.75, 3.05) is 11.9 Å². The van der Waals surface area contributed by atoms with Gasteiger partial charge >= 0.3 is 0 Å². The summed E-state index contributed by atoms with van der Waals surface area (Å²) < 4.78 is 13.3. The predicted octanol–water partition coefficient (Wildman–Crippen LogP) is 3.21. The second kappa shape index (κ2) is 5.12. The summed E-state index contributed by atoms with van der Waals surface area (Å²) in [6.07, 6.45) is 0. The average molecular weight is 240 g/mol. The van der Waals surface area contributed by atoms with Crippen LogP contribution in [-0.2, 0) is 0 Å². The van der Waals surface area contributed by atoms with Crippen molar-refractivity contribution in [1.29, 1.82) is 0 Å². The summed E-state index contributed by atoms with van der Waals surface area (Å²) in [6.45, 7) is 6.10. The Bertz CT molecular complexity index is 421. The third-order valence-electron chi connectivity index (χ3n) is 3.06. The van der Waals surface area contributed by atoms with Crippen molar-refractivity contribution < 1.29 is 9.31 Å². The minimum absolute atomic E-state index is 0.177. The molecule has 0 amide bonds. The number of hydrogen-bond acceptors (Lipinski definition) is 3. The summed E-state index contributed by atoms with van der Waals surface area (Å²) in [5.41, 5.74) is 0.306. The molecule has 0 fully saturated rings. The lowest BCUT2D eigenvalue weighted by Gasteiger charge is -2.29. The molecule has 0 aliphatic heterocycles. The SMILES string of the molecule is CC(C)C(C)N(C)c1cc(F)cc([N+](=O)[O-])c1. The van der Waals surface area contributed by atoms with E-state index in [-0.39, 0.29) is 11.7 Å². The topological polar surface area (TPSA) is 46.4 Å². The molecule has 4 nitrogen and oxygen atoms in total. The average Bonchev–Trinajstić information content (AvgIpc) is 2.25. The van der Waals surface area contributed by atoms with Crippen molar-refractivity contribution in [2.45, 2.75) is 26.8 Å². The van der Waals surface area contributed by atoms with Crippen LogP contribution in [0.1, 0.15) is 20.8 Å². The molecule has 17 heavy (non-hydrogen) atoms. The molecule has 1 aromatic rings. The highest BCUT2D eigenvalue weighted by Crippen LogP contribution is 2.25. The van der Waals surface area contributed by atoms with E-state index in [1.165, 1.54) is 12.1 Å². The van der Waals surface area contributed by atoms with Crippen LogP contribution in [0.3, 0.4) is 0 Å². The van der Waals surface area contributed by atoms with E-state index in [4.69, 9.17) is 0 Å². The van der Waals surface area contributed by atoms with Gasteiger partial charge in [-0.1, -0.05) is 13.8 Å². The Morgan fingerprint density at radius 2 is 1.88 bits per heavy atom. The molecule has 0 radical (unpaired) electrons. The van der Waals surface area contributed by atoms with Crippen LogP contribution in [0.4, 0.5) is 15.8 Å². The Morgan fingerprint density at radius 3 is 2.35 bits per heavy atom. The Hall–Kier alpha value is -1.65. The van der Waals surface area contributed by atoms with Crippen LogP contribution < -0.4 is 4.90 Å². The second-order valence-corrected chi connectivity index (χ2v) is 4.52. The first-order valence-corrected chi connectivity index (χ1v) is 5.50. The standard InChI is InChI=1S/C12H17FN2O2/c1-8(2)9(3)14(4)11-5-10(13)6-12(7-11)15(16)17/h5-9H,1-4H3. The van der Waals surface area contributed by atoms with Crippen LogP contribution in [0.5, 0.6) is 0 Å². The summed E-state index contributed by atoms with van der Waals surface area (Å²) in [4.78, 5) is 11.9. The van der Waals surface area contributed by atoms with Crippen LogP contribution >= 0.6 is 0 Å². The molecule has 0 bridgehead atoms. The number of rotatable bonds is 4. The summed E-state index contributed by atoms with van der Waals surface area (Å²) >= 11 is 0. The minimum Gasteiger partial charge on any atom is -0.371 e. The molecule has 0 heterocycles. The van der Waals surface area contributed by atoms with Gasteiger partial charge in [0.25, 0.3) is 5.69 Å². The Morgan fingerprint density at radius 1 is 1.29 bits per heavy atom. The predicted molar refractivity (Wildman–Crippen MR) is 65.8 cm³/mol. The zero-order chi connectivity index (χ0) is 13.2. The van der Waals surface area contributed by atoms with E-state index in [2.05, 4.69) is 13.8 Å². The van der Waals surface area contributed by atoms with Crippen molar-refractivity contribution in [2.24, 2.45) is 5.92 Å². The number of non-ortho nitro benzene ring substituents is 1. The number of nitro benzene ring substituents is 1. The van der Waals surface area contributed by atoms with Gasteiger partial charge in [0.2, 0.25) is 0 Å². The lowest BCUT2D eigenvalue weighted by molar-refractivity contribution is -0.385. The minimum atomic E-state index is -0.586. The largest absolute Gasteiger partial charge is 0.371 e. The van der Waals surface area contributed by atoms with Crippen molar-refractivity contribution in [1.82, 2.24) is 0 Å². The fourth-order valence-electron chi connectivity index (χ4n) is 1.55. The van der Waals surface area contributed by atoms with Gasteiger partial charge in [-0.25, -0.2) is 4.39 Å². The number of nitro groups is 1. The molecule has 0 aromatic heterocycles. The van der Waals surface area contributed by atoms with Crippen molar-refractivity contribution in [3.63, 3.8) is 0 Å². The van der Waals surface area contributed by atoms with Gasteiger partial charge in [-0.15, -0.1) is 0 Å². The highest BCUT2D eigenvalue weighted by atomic mass is 19.1. The molecule has 1 rings (SSSR count). The highest BCUT2D eigenvalue weighted by molar-refractivity contribution is 5.53. The van der Waals surface area contributed by atoms with Crippen LogP contribution in [-0.4, -0.2) is 18.0 Å². The van der Waals surface area contributed by atoms with E-state index in [1.54, 1.807) is 0 Å². The molecule has 0 saturated carbocycles. The Labute approximate surface area is 100 Å². The summed E-state index contributed by atoms with van der Waals surface area (Å²) in [7, 11) is 1.81. The van der Waals surface area contributed by atoms with Crippen molar-refractivity contribution in [3.05, 3.63) is 34.1 Å². The van der Waals surface area contributed by atoms with Gasteiger partial charge in [0.05, 0.1) is 11.0 Å². The fourth-order valence-corrected chi connectivity index (χ4v) is 1.55. The molecule has 1 aromatic carbocycles. The molecule has 0 aliphatic carbocycles. The molecule has 1 unspecified atom stereocenters. The normalized spacial score (nSPS) is 12.6. The molecule has 5 heteroatoms. The van der Waals surface area contributed by atoms with Gasteiger partial charge in [-0.05, 0) is 18.9 Å². The van der Waals surface area contributed by atoms with Crippen LogP contribution in [0.25, 0.3) is 0 Å². The number of nitrogens with zero attached hydrogens (tertiary/aromatic N) is 2. The molecule has 0 N–H and O–H groups in total. The van der Waals surface area contributed by atoms with E-state index in [0.717, 1.165) is 6.07 Å². The van der Waals surface area contributed by atoms with E-state index in [1.807, 2.05) is 18.9 Å². The smallest absolute Gasteiger partial charge is 0.274 e. The monoisotopic (exact) mass is 240 g/mol. The molecule has 1 atom stereocenters. The van der Waals surface area contributed by atoms with Crippen molar-refractivity contribution in [3.8, 4) is 0 Å². The molecule has 0 aliphatic rings.